The van der Waals surface area contributed by atoms with Gasteiger partial charge in [0, 0.05) is 11.1 Å². The van der Waals surface area contributed by atoms with Gasteiger partial charge in [0.05, 0.1) is 6.17 Å². The van der Waals surface area contributed by atoms with Crippen LogP contribution in [0.2, 0.25) is 0 Å². The third kappa shape index (κ3) is 2.07. The molecule has 1 rings (SSSR count). The largest absolute Gasteiger partial charge is 0.294 e. The number of hydrogen-bond donors (Lipinski definition) is 2. The maximum absolute atomic E-state index is 3.79. The second-order valence-corrected chi connectivity index (χ2v) is 6.46. The topological polar surface area (TPSA) is 24.1 Å². The van der Waals surface area contributed by atoms with E-state index in [0.717, 1.165) is 12.8 Å². The van der Waals surface area contributed by atoms with Crippen LogP contribution in [0.4, 0.5) is 0 Å². The summed E-state index contributed by atoms with van der Waals surface area (Å²) in [6.07, 6.45) is 2.74. The summed E-state index contributed by atoms with van der Waals surface area (Å²) in [5.74, 6) is 0. The van der Waals surface area contributed by atoms with Crippen LogP contribution in [0, 0.1) is 5.41 Å². The SMILES string of the molecule is CC[C@]1(C)NC(C(C)(C)C)N[C@@]1(C)CC. The zero-order chi connectivity index (χ0) is 11.9. The first kappa shape index (κ1) is 13.0. The van der Waals surface area contributed by atoms with Gasteiger partial charge in [0.25, 0.3) is 0 Å². The summed E-state index contributed by atoms with van der Waals surface area (Å²) in [7, 11) is 0. The van der Waals surface area contributed by atoms with E-state index in [-0.39, 0.29) is 16.5 Å². The molecule has 0 aromatic carbocycles. The van der Waals surface area contributed by atoms with E-state index in [9.17, 15) is 0 Å². The molecule has 2 atom stereocenters. The molecule has 0 bridgehead atoms. The fourth-order valence-corrected chi connectivity index (χ4v) is 2.41. The molecule has 90 valence electrons. The van der Waals surface area contributed by atoms with Crippen molar-refractivity contribution in [2.45, 2.75) is 78.6 Å². The summed E-state index contributed by atoms with van der Waals surface area (Å²) in [4.78, 5) is 0. The molecule has 0 spiro atoms. The normalized spacial score (nSPS) is 38.6. The summed E-state index contributed by atoms with van der Waals surface area (Å²) in [6, 6.07) is 0. The molecule has 0 aliphatic carbocycles. The number of hydrogen-bond acceptors (Lipinski definition) is 2. The Morgan fingerprint density at radius 3 is 1.47 bits per heavy atom. The molecule has 1 heterocycles. The van der Waals surface area contributed by atoms with Crippen molar-refractivity contribution in [3.05, 3.63) is 0 Å². The van der Waals surface area contributed by atoms with Gasteiger partial charge in [0.1, 0.15) is 0 Å². The summed E-state index contributed by atoms with van der Waals surface area (Å²) in [6.45, 7) is 16.1. The highest BCUT2D eigenvalue weighted by Gasteiger charge is 2.51. The minimum atomic E-state index is 0.208. The van der Waals surface area contributed by atoms with Crippen molar-refractivity contribution in [3.63, 3.8) is 0 Å². The van der Waals surface area contributed by atoms with Crippen LogP contribution in [0.1, 0.15) is 61.3 Å². The zero-order valence-electron chi connectivity index (χ0n) is 11.5. The molecule has 0 aromatic rings. The molecule has 0 unspecified atom stereocenters. The van der Waals surface area contributed by atoms with Crippen LogP contribution in [0.3, 0.4) is 0 Å². The van der Waals surface area contributed by atoms with Crippen molar-refractivity contribution in [1.82, 2.24) is 10.6 Å². The van der Waals surface area contributed by atoms with Crippen molar-refractivity contribution < 1.29 is 0 Å². The summed E-state index contributed by atoms with van der Waals surface area (Å²) in [5, 5.41) is 7.57. The van der Waals surface area contributed by atoms with Gasteiger partial charge >= 0.3 is 0 Å². The molecule has 2 heteroatoms. The third-order valence-electron chi connectivity index (χ3n) is 4.42. The first-order valence-corrected chi connectivity index (χ1v) is 6.24. The van der Waals surface area contributed by atoms with E-state index in [1.54, 1.807) is 0 Å². The summed E-state index contributed by atoms with van der Waals surface area (Å²) >= 11 is 0. The highest BCUT2D eigenvalue weighted by molar-refractivity contribution is 5.13. The Morgan fingerprint density at radius 1 is 0.933 bits per heavy atom. The number of nitrogens with one attached hydrogen (secondary N) is 2. The Kier molecular flexibility index (Phi) is 3.24. The molecule has 0 saturated carbocycles. The lowest BCUT2D eigenvalue weighted by Gasteiger charge is -2.39. The lowest BCUT2D eigenvalue weighted by Crippen LogP contribution is -2.55. The van der Waals surface area contributed by atoms with Crippen LogP contribution in [-0.2, 0) is 0 Å². The van der Waals surface area contributed by atoms with Gasteiger partial charge in [-0.3, -0.25) is 10.6 Å². The maximum Gasteiger partial charge on any atom is 0.0631 e. The van der Waals surface area contributed by atoms with Crippen molar-refractivity contribution in [2.24, 2.45) is 5.41 Å². The van der Waals surface area contributed by atoms with Gasteiger partial charge in [0.2, 0.25) is 0 Å². The minimum absolute atomic E-state index is 0.208. The van der Waals surface area contributed by atoms with Gasteiger partial charge in [-0.25, -0.2) is 0 Å². The highest BCUT2D eigenvalue weighted by atomic mass is 15.3. The quantitative estimate of drug-likeness (QED) is 0.735. The second kappa shape index (κ2) is 3.74. The Morgan fingerprint density at radius 2 is 1.27 bits per heavy atom. The molecular formula is C13H28N2. The molecule has 1 fully saturated rings. The van der Waals surface area contributed by atoms with E-state index in [2.05, 4.69) is 59.1 Å². The van der Waals surface area contributed by atoms with Crippen LogP contribution in [0.25, 0.3) is 0 Å². The first-order chi connectivity index (χ1) is 6.68. The number of rotatable bonds is 2. The lowest BCUT2D eigenvalue weighted by molar-refractivity contribution is 0.232. The van der Waals surface area contributed by atoms with E-state index >= 15 is 0 Å². The molecule has 1 aliphatic heterocycles. The van der Waals surface area contributed by atoms with Crippen molar-refractivity contribution in [3.8, 4) is 0 Å². The molecule has 0 radical (unpaired) electrons. The predicted molar refractivity (Wildman–Crippen MR) is 66.9 cm³/mol. The minimum Gasteiger partial charge on any atom is -0.294 e. The van der Waals surface area contributed by atoms with Crippen LogP contribution in [0.15, 0.2) is 0 Å². The predicted octanol–water partition coefficient (Wildman–Crippen LogP) is 2.89. The van der Waals surface area contributed by atoms with Gasteiger partial charge in [-0.2, -0.15) is 0 Å². The van der Waals surface area contributed by atoms with Crippen LogP contribution >= 0.6 is 0 Å². The Labute approximate surface area is 95.2 Å². The summed E-state index contributed by atoms with van der Waals surface area (Å²) in [5.41, 5.74) is 0.683. The molecule has 0 aromatic heterocycles. The Bertz CT molecular complexity index is 213. The fraction of sp³-hybridized carbons (Fsp3) is 1.00. The molecule has 0 amide bonds. The zero-order valence-corrected chi connectivity index (χ0v) is 11.5. The summed E-state index contributed by atoms with van der Waals surface area (Å²) < 4.78 is 0. The van der Waals surface area contributed by atoms with Crippen LogP contribution in [0.5, 0.6) is 0 Å². The second-order valence-electron chi connectivity index (χ2n) is 6.46. The molecule has 1 aliphatic rings. The molecule has 15 heavy (non-hydrogen) atoms. The van der Waals surface area contributed by atoms with Crippen molar-refractivity contribution >= 4 is 0 Å². The van der Waals surface area contributed by atoms with E-state index < -0.39 is 0 Å². The maximum atomic E-state index is 3.79. The van der Waals surface area contributed by atoms with E-state index in [1.165, 1.54) is 0 Å². The van der Waals surface area contributed by atoms with Crippen molar-refractivity contribution in [1.29, 1.82) is 0 Å². The Hall–Kier alpha value is -0.0800. The van der Waals surface area contributed by atoms with Crippen LogP contribution in [-0.4, -0.2) is 17.2 Å². The molecule has 2 nitrogen and oxygen atoms in total. The highest BCUT2D eigenvalue weighted by Crippen LogP contribution is 2.37. The molecule has 2 N–H and O–H groups in total. The van der Waals surface area contributed by atoms with E-state index in [0.29, 0.717) is 6.17 Å². The monoisotopic (exact) mass is 212 g/mol. The Balaban J connectivity index is 2.94. The average molecular weight is 212 g/mol. The lowest BCUT2D eigenvalue weighted by atomic mass is 9.77. The molecule has 1 saturated heterocycles. The van der Waals surface area contributed by atoms with Crippen molar-refractivity contribution in [2.75, 3.05) is 0 Å². The average Bonchev–Trinajstić information content (AvgIpc) is 2.41. The van der Waals surface area contributed by atoms with E-state index in [1.807, 2.05) is 0 Å². The first-order valence-electron chi connectivity index (χ1n) is 6.24. The van der Waals surface area contributed by atoms with Gasteiger partial charge < -0.3 is 0 Å². The van der Waals surface area contributed by atoms with Gasteiger partial charge in [0.15, 0.2) is 0 Å². The van der Waals surface area contributed by atoms with Gasteiger partial charge in [-0.1, -0.05) is 34.6 Å². The molecular weight excluding hydrogens is 184 g/mol. The van der Waals surface area contributed by atoms with Crippen LogP contribution < -0.4 is 10.6 Å². The fourth-order valence-electron chi connectivity index (χ4n) is 2.41. The smallest absolute Gasteiger partial charge is 0.0631 e. The standard InChI is InChI=1S/C13H28N2/c1-8-12(6)13(7,9-2)15-10(14-12)11(3,4)5/h10,14-15H,8-9H2,1-7H3/t12-,13-/m0/s1. The van der Waals surface area contributed by atoms with Gasteiger partial charge in [-0.05, 0) is 32.1 Å². The van der Waals surface area contributed by atoms with Gasteiger partial charge in [-0.15, -0.1) is 0 Å². The van der Waals surface area contributed by atoms with E-state index in [4.69, 9.17) is 0 Å². The third-order valence-corrected chi connectivity index (χ3v) is 4.42.